The topological polar surface area (TPSA) is 92.6 Å². The van der Waals surface area contributed by atoms with Crippen LogP contribution in [0.15, 0.2) is 82.8 Å². The van der Waals surface area contributed by atoms with Gasteiger partial charge in [0.15, 0.2) is 5.17 Å². The summed E-state index contributed by atoms with van der Waals surface area (Å²) < 4.78 is 10.5. The molecule has 3 aromatic carbocycles. The third-order valence-corrected chi connectivity index (χ3v) is 6.54. The summed E-state index contributed by atoms with van der Waals surface area (Å²) in [7, 11) is 3.10. The van der Waals surface area contributed by atoms with E-state index in [1.54, 1.807) is 32.4 Å². The second-order valence-electron chi connectivity index (χ2n) is 7.81. The monoisotopic (exact) mass is 486 g/mol. The van der Waals surface area contributed by atoms with Crippen molar-refractivity contribution in [1.29, 1.82) is 0 Å². The van der Waals surface area contributed by atoms with E-state index in [0.29, 0.717) is 33.9 Å². The third-order valence-electron chi connectivity index (χ3n) is 5.59. The van der Waals surface area contributed by atoms with Gasteiger partial charge in [-0.2, -0.15) is 4.99 Å². The Bertz CT molecular complexity index is 1330. The van der Waals surface area contributed by atoms with Gasteiger partial charge in [0, 0.05) is 29.4 Å². The molecule has 2 aliphatic rings. The summed E-state index contributed by atoms with van der Waals surface area (Å²) in [6.07, 6.45) is 0. The predicted octanol–water partition coefficient (Wildman–Crippen LogP) is 4.41. The Morgan fingerprint density at radius 2 is 1.66 bits per heavy atom. The highest BCUT2D eigenvalue weighted by molar-refractivity contribution is 8.14. The van der Waals surface area contributed by atoms with E-state index in [1.165, 1.54) is 11.8 Å². The second kappa shape index (κ2) is 9.63. The van der Waals surface area contributed by atoms with Crippen molar-refractivity contribution in [2.24, 2.45) is 9.98 Å². The van der Waals surface area contributed by atoms with Gasteiger partial charge in [0.2, 0.25) is 5.91 Å². The van der Waals surface area contributed by atoms with Crippen LogP contribution in [0.25, 0.3) is 0 Å². The second-order valence-corrected chi connectivity index (χ2v) is 8.75. The van der Waals surface area contributed by atoms with Gasteiger partial charge in [0.25, 0.3) is 5.91 Å². The maximum absolute atomic E-state index is 13.0. The summed E-state index contributed by atoms with van der Waals surface area (Å²) in [5.41, 5.74) is 2.88. The lowest BCUT2D eigenvalue weighted by Crippen LogP contribution is -2.39. The molecule has 2 aliphatic heterocycles. The first kappa shape index (κ1) is 22.7. The fraction of sp³-hybridized carbons (Fsp3) is 0.154. The minimum atomic E-state index is -0.628. The molecule has 0 aromatic heterocycles. The number of ether oxygens (including phenoxy) is 2. The predicted molar refractivity (Wildman–Crippen MR) is 137 cm³/mol. The van der Waals surface area contributed by atoms with Crippen molar-refractivity contribution in [2.75, 3.05) is 25.3 Å². The number of methoxy groups -OCH3 is 2. The first-order chi connectivity index (χ1) is 17.1. The number of thioether (sulfide) groups is 1. The number of amides is 2. The molecule has 5 rings (SSSR count). The molecule has 8 nitrogen and oxygen atoms in total. The van der Waals surface area contributed by atoms with Crippen LogP contribution < -0.4 is 14.8 Å². The molecule has 176 valence electrons. The van der Waals surface area contributed by atoms with E-state index in [0.717, 1.165) is 11.1 Å². The maximum atomic E-state index is 13.0. The van der Waals surface area contributed by atoms with Gasteiger partial charge in [-0.15, -0.1) is 0 Å². The highest BCUT2D eigenvalue weighted by Crippen LogP contribution is 2.39. The van der Waals surface area contributed by atoms with Gasteiger partial charge in [-0.1, -0.05) is 54.2 Å². The summed E-state index contributed by atoms with van der Waals surface area (Å²) in [5.74, 6) is 1.29. The maximum Gasteiger partial charge on any atom is 0.275 e. The Kier molecular flexibility index (Phi) is 6.24. The molecule has 3 aromatic rings. The van der Waals surface area contributed by atoms with E-state index in [2.05, 4.69) is 10.3 Å². The summed E-state index contributed by atoms with van der Waals surface area (Å²) in [5, 5.41) is 3.41. The lowest BCUT2D eigenvalue weighted by Gasteiger charge is -2.31. The molecule has 0 saturated heterocycles. The van der Waals surface area contributed by atoms with Gasteiger partial charge < -0.3 is 14.8 Å². The molecule has 1 N–H and O–H groups in total. The van der Waals surface area contributed by atoms with Crippen molar-refractivity contribution in [3.05, 3.63) is 83.9 Å². The fourth-order valence-corrected chi connectivity index (χ4v) is 4.82. The van der Waals surface area contributed by atoms with Crippen LogP contribution in [0.2, 0.25) is 0 Å². The number of nitrogens with zero attached hydrogens (tertiary/aromatic N) is 3. The van der Waals surface area contributed by atoms with E-state index in [9.17, 15) is 9.59 Å². The number of nitrogens with one attached hydrogen (secondary N) is 1. The van der Waals surface area contributed by atoms with E-state index >= 15 is 0 Å². The normalized spacial score (nSPS) is 16.1. The standard InChI is InChI=1S/C26H22N4O4S/c1-33-18-12-17(13-19(14-18)34-2)27-22(31)15-35-26-28-21-11-7-6-10-20(21)24-29-25(32)23(30(24)26)16-8-4-3-5-9-16/h3-14,23H,15H2,1-2H3,(H,27,31). The van der Waals surface area contributed by atoms with Crippen LogP contribution in [0.1, 0.15) is 17.2 Å². The van der Waals surface area contributed by atoms with Gasteiger partial charge in [0.05, 0.1) is 25.7 Å². The van der Waals surface area contributed by atoms with Crippen LogP contribution >= 0.6 is 11.8 Å². The quantitative estimate of drug-likeness (QED) is 0.555. The number of fused-ring (bicyclic) bond motifs is 3. The lowest BCUT2D eigenvalue weighted by atomic mass is 10.0. The average molecular weight is 487 g/mol. The zero-order chi connectivity index (χ0) is 24.4. The van der Waals surface area contributed by atoms with Crippen LogP contribution in [0.5, 0.6) is 11.5 Å². The summed E-state index contributed by atoms with van der Waals surface area (Å²) in [6.45, 7) is 0. The lowest BCUT2D eigenvalue weighted by molar-refractivity contribution is -0.119. The minimum absolute atomic E-state index is 0.0833. The Labute approximate surface area is 206 Å². The Morgan fingerprint density at radius 1 is 0.971 bits per heavy atom. The van der Waals surface area contributed by atoms with Crippen molar-refractivity contribution >= 4 is 46.0 Å². The Balaban J connectivity index is 1.40. The molecule has 0 spiro atoms. The van der Waals surface area contributed by atoms with Crippen LogP contribution in [0.4, 0.5) is 11.4 Å². The van der Waals surface area contributed by atoms with Gasteiger partial charge >= 0.3 is 0 Å². The van der Waals surface area contributed by atoms with E-state index < -0.39 is 6.04 Å². The molecule has 0 fully saturated rings. The number of benzene rings is 3. The third kappa shape index (κ3) is 4.50. The van der Waals surface area contributed by atoms with Gasteiger partial charge in [0.1, 0.15) is 23.4 Å². The number of aliphatic imine (C=N–C) groups is 2. The molecule has 0 saturated carbocycles. The summed E-state index contributed by atoms with van der Waals surface area (Å²) in [4.78, 5) is 36.8. The number of carbonyl (C=O) groups excluding carboxylic acids is 2. The smallest absolute Gasteiger partial charge is 0.275 e. The molecule has 0 radical (unpaired) electrons. The van der Waals surface area contributed by atoms with Crippen molar-refractivity contribution < 1.29 is 19.1 Å². The molecule has 0 bridgehead atoms. The van der Waals surface area contributed by atoms with Crippen LogP contribution in [-0.4, -0.2) is 47.7 Å². The van der Waals surface area contributed by atoms with Crippen molar-refractivity contribution in [2.45, 2.75) is 6.04 Å². The van der Waals surface area contributed by atoms with Crippen LogP contribution in [0.3, 0.4) is 0 Å². The van der Waals surface area contributed by atoms with Crippen LogP contribution in [-0.2, 0) is 9.59 Å². The SMILES string of the molecule is COc1cc(NC(=O)CSC2=Nc3ccccc3C3=NC(=O)C(c4ccccc4)N23)cc(OC)c1. The highest BCUT2D eigenvalue weighted by Gasteiger charge is 2.42. The first-order valence-corrected chi connectivity index (χ1v) is 11.9. The van der Waals surface area contributed by atoms with Gasteiger partial charge in [-0.05, 0) is 17.7 Å². The van der Waals surface area contributed by atoms with E-state index in [1.807, 2.05) is 59.5 Å². The molecule has 2 amide bonds. The molecule has 9 heteroatoms. The summed E-state index contributed by atoms with van der Waals surface area (Å²) in [6, 6.07) is 21.6. The number of rotatable bonds is 6. The molecule has 2 heterocycles. The molecule has 1 atom stereocenters. The van der Waals surface area contributed by atoms with E-state index in [4.69, 9.17) is 14.5 Å². The molecule has 1 unspecified atom stereocenters. The number of amidine groups is 2. The zero-order valence-electron chi connectivity index (χ0n) is 19.1. The highest BCUT2D eigenvalue weighted by atomic mass is 32.2. The van der Waals surface area contributed by atoms with Gasteiger partial charge in [-0.25, -0.2) is 4.99 Å². The number of carbonyl (C=O) groups is 2. The average Bonchev–Trinajstić information content (AvgIpc) is 3.24. The molecular formula is C26H22N4O4S. The molecule has 35 heavy (non-hydrogen) atoms. The number of para-hydroxylation sites is 1. The molecular weight excluding hydrogens is 464 g/mol. The minimum Gasteiger partial charge on any atom is -0.497 e. The van der Waals surface area contributed by atoms with Crippen molar-refractivity contribution in [3.8, 4) is 11.5 Å². The van der Waals surface area contributed by atoms with E-state index in [-0.39, 0.29) is 17.6 Å². The van der Waals surface area contributed by atoms with Gasteiger partial charge in [-0.3, -0.25) is 14.5 Å². The number of hydrogen-bond donors (Lipinski definition) is 1. The fourth-order valence-electron chi connectivity index (χ4n) is 4.00. The number of hydrogen-bond acceptors (Lipinski definition) is 7. The summed E-state index contributed by atoms with van der Waals surface area (Å²) >= 11 is 1.25. The van der Waals surface area contributed by atoms with Crippen molar-refractivity contribution in [1.82, 2.24) is 4.90 Å². The van der Waals surface area contributed by atoms with Crippen molar-refractivity contribution in [3.63, 3.8) is 0 Å². The van der Waals surface area contributed by atoms with Crippen LogP contribution in [0, 0.1) is 0 Å². The Morgan fingerprint density at radius 3 is 2.37 bits per heavy atom. The Hall–Kier alpha value is -4.11. The molecule has 0 aliphatic carbocycles. The zero-order valence-corrected chi connectivity index (χ0v) is 19.9. The first-order valence-electron chi connectivity index (χ1n) is 10.9. The largest absolute Gasteiger partial charge is 0.497 e. The number of anilines is 1.